The van der Waals surface area contributed by atoms with Crippen LogP contribution in [0.2, 0.25) is 0 Å². The second-order valence-corrected chi connectivity index (χ2v) is 3.31. The van der Waals surface area contributed by atoms with E-state index in [0.717, 1.165) is 7.11 Å². The normalized spacial score (nSPS) is 12.6. The Kier molecular flexibility index (Phi) is 4.14. The van der Waals surface area contributed by atoms with E-state index >= 15 is 0 Å². The van der Waals surface area contributed by atoms with Gasteiger partial charge in [-0.2, -0.15) is 0 Å². The predicted octanol–water partition coefficient (Wildman–Crippen LogP) is 0.975. The van der Waals surface area contributed by atoms with E-state index < -0.39 is 35.8 Å². The van der Waals surface area contributed by atoms with E-state index in [1.54, 1.807) is 0 Å². The standard InChI is InChI=1S/C10H12F3NO2/c1-16-10-8(12)3-7(11)6(9(10)13)2-5(14)4-15/h3,5,15H,2,4,14H2,1H3. The first-order chi connectivity index (χ1) is 7.51. The summed E-state index contributed by atoms with van der Waals surface area (Å²) in [7, 11) is 1.08. The first kappa shape index (κ1) is 12.8. The molecule has 0 spiro atoms. The Labute approximate surface area is 90.6 Å². The molecule has 3 nitrogen and oxygen atoms in total. The van der Waals surface area contributed by atoms with E-state index in [4.69, 9.17) is 10.8 Å². The highest BCUT2D eigenvalue weighted by molar-refractivity contribution is 5.34. The van der Waals surface area contributed by atoms with Crippen LogP contribution in [0.5, 0.6) is 5.75 Å². The summed E-state index contributed by atoms with van der Waals surface area (Å²) in [6.07, 6.45) is -0.231. The molecule has 90 valence electrons. The first-order valence-electron chi connectivity index (χ1n) is 4.58. The Morgan fingerprint density at radius 2 is 2.00 bits per heavy atom. The number of ether oxygens (including phenoxy) is 1. The van der Waals surface area contributed by atoms with E-state index in [1.165, 1.54) is 0 Å². The Hall–Kier alpha value is -1.27. The molecule has 1 unspecified atom stereocenters. The Morgan fingerprint density at radius 3 is 2.50 bits per heavy atom. The van der Waals surface area contributed by atoms with Crippen molar-refractivity contribution in [2.45, 2.75) is 12.5 Å². The van der Waals surface area contributed by atoms with E-state index in [9.17, 15) is 13.2 Å². The minimum atomic E-state index is -1.12. The molecule has 0 aromatic heterocycles. The highest BCUT2D eigenvalue weighted by Crippen LogP contribution is 2.27. The van der Waals surface area contributed by atoms with Crippen molar-refractivity contribution >= 4 is 0 Å². The van der Waals surface area contributed by atoms with Gasteiger partial charge in [-0.15, -0.1) is 0 Å². The maximum atomic E-state index is 13.5. The molecule has 0 fully saturated rings. The van der Waals surface area contributed by atoms with E-state index in [1.807, 2.05) is 0 Å². The summed E-state index contributed by atoms with van der Waals surface area (Å²) in [4.78, 5) is 0. The van der Waals surface area contributed by atoms with E-state index in [2.05, 4.69) is 4.74 Å². The lowest BCUT2D eigenvalue weighted by Crippen LogP contribution is -2.28. The highest BCUT2D eigenvalue weighted by Gasteiger charge is 2.20. The summed E-state index contributed by atoms with van der Waals surface area (Å²) in [5, 5.41) is 8.68. The monoisotopic (exact) mass is 235 g/mol. The van der Waals surface area contributed by atoms with Crippen LogP contribution in [-0.2, 0) is 6.42 Å². The summed E-state index contributed by atoms with van der Waals surface area (Å²) in [5.74, 6) is -3.93. The molecule has 0 aliphatic carbocycles. The van der Waals surface area contributed by atoms with Gasteiger partial charge in [0.2, 0.25) is 0 Å². The summed E-state index contributed by atoms with van der Waals surface area (Å²) < 4.78 is 44.3. The summed E-state index contributed by atoms with van der Waals surface area (Å²) in [5.41, 5.74) is 4.97. The fourth-order valence-electron chi connectivity index (χ4n) is 1.31. The topological polar surface area (TPSA) is 55.5 Å². The molecule has 1 aromatic carbocycles. The molecule has 0 radical (unpaired) electrons. The van der Waals surface area contributed by atoms with Crippen LogP contribution in [0, 0.1) is 17.5 Å². The van der Waals surface area contributed by atoms with Gasteiger partial charge in [0.1, 0.15) is 5.82 Å². The molecular weight excluding hydrogens is 223 g/mol. The Balaban J connectivity index is 3.17. The second-order valence-electron chi connectivity index (χ2n) is 3.31. The third kappa shape index (κ3) is 2.45. The van der Waals surface area contributed by atoms with Crippen molar-refractivity contribution in [3.05, 3.63) is 29.1 Å². The van der Waals surface area contributed by atoms with Crippen molar-refractivity contribution in [1.29, 1.82) is 0 Å². The van der Waals surface area contributed by atoms with Gasteiger partial charge in [0, 0.05) is 17.7 Å². The molecule has 6 heteroatoms. The number of rotatable bonds is 4. The lowest BCUT2D eigenvalue weighted by Gasteiger charge is -2.12. The molecule has 1 aromatic rings. The van der Waals surface area contributed by atoms with Crippen LogP contribution in [0.4, 0.5) is 13.2 Å². The Bertz CT molecular complexity index is 385. The molecule has 0 amide bonds. The van der Waals surface area contributed by atoms with Gasteiger partial charge in [-0.25, -0.2) is 13.2 Å². The number of methoxy groups -OCH3 is 1. The lowest BCUT2D eigenvalue weighted by atomic mass is 10.0. The van der Waals surface area contributed by atoms with Crippen LogP contribution in [0.15, 0.2) is 6.07 Å². The van der Waals surface area contributed by atoms with Gasteiger partial charge >= 0.3 is 0 Å². The molecule has 1 atom stereocenters. The van der Waals surface area contributed by atoms with Crippen molar-refractivity contribution in [2.24, 2.45) is 5.73 Å². The zero-order valence-electron chi connectivity index (χ0n) is 8.64. The molecule has 3 N–H and O–H groups in total. The van der Waals surface area contributed by atoms with E-state index in [0.29, 0.717) is 6.07 Å². The molecular formula is C10H12F3NO2. The van der Waals surface area contributed by atoms with Crippen molar-refractivity contribution in [3.8, 4) is 5.75 Å². The third-order valence-electron chi connectivity index (χ3n) is 2.13. The van der Waals surface area contributed by atoms with Crippen molar-refractivity contribution in [3.63, 3.8) is 0 Å². The van der Waals surface area contributed by atoms with Gasteiger partial charge in [0.15, 0.2) is 17.4 Å². The highest BCUT2D eigenvalue weighted by atomic mass is 19.1. The molecule has 0 bridgehead atoms. The van der Waals surface area contributed by atoms with E-state index in [-0.39, 0.29) is 12.0 Å². The SMILES string of the molecule is COc1c(F)cc(F)c(CC(N)CO)c1F. The number of halogens is 3. The van der Waals surface area contributed by atoms with Crippen LogP contribution in [-0.4, -0.2) is 24.9 Å². The first-order valence-corrected chi connectivity index (χ1v) is 4.58. The average Bonchev–Trinajstić information content (AvgIpc) is 2.24. The van der Waals surface area contributed by atoms with Crippen molar-refractivity contribution < 1.29 is 23.0 Å². The molecule has 0 heterocycles. The smallest absolute Gasteiger partial charge is 0.190 e. The Morgan fingerprint density at radius 1 is 1.38 bits per heavy atom. The zero-order chi connectivity index (χ0) is 12.3. The number of hydrogen-bond donors (Lipinski definition) is 2. The zero-order valence-corrected chi connectivity index (χ0v) is 8.64. The van der Waals surface area contributed by atoms with Gasteiger partial charge in [0.25, 0.3) is 0 Å². The molecule has 0 aliphatic heterocycles. The summed E-state index contributed by atoms with van der Waals surface area (Å²) >= 11 is 0. The van der Waals surface area contributed by atoms with Crippen LogP contribution < -0.4 is 10.5 Å². The number of benzene rings is 1. The van der Waals surface area contributed by atoms with Crippen molar-refractivity contribution in [1.82, 2.24) is 0 Å². The number of hydrogen-bond acceptors (Lipinski definition) is 3. The fraction of sp³-hybridized carbons (Fsp3) is 0.400. The van der Waals surface area contributed by atoms with Gasteiger partial charge in [0.05, 0.1) is 13.7 Å². The average molecular weight is 235 g/mol. The molecule has 0 saturated carbocycles. The molecule has 0 aliphatic rings. The van der Waals surface area contributed by atoms with Crippen LogP contribution in [0.3, 0.4) is 0 Å². The maximum absolute atomic E-state index is 13.5. The number of aliphatic hydroxyl groups excluding tert-OH is 1. The van der Waals surface area contributed by atoms with Crippen molar-refractivity contribution in [2.75, 3.05) is 13.7 Å². The van der Waals surface area contributed by atoms with Gasteiger partial charge in [-0.1, -0.05) is 0 Å². The number of aliphatic hydroxyl groups is 1. The fourth-order valence-corrected chi connectivity index (χ4v) is 1.31. The largest absolute Gasteiger partial charge is 0.491 e. The number of nitrogens with two attached hydrogens (primary N) is 1. The van der Waals surface area contributed by atoms with Gasteiger partial charge in [-0.05, 0) is 6.42 Å². The van der Waals surface area contributed by atoms with Crippen LogP contribution >= 0.6 is 0 Å². The van der Waals surface area contributed by atoms with Crippen LogP contribution in [0.25, 0.3) is 0 Å². The maximum Gasteiger partial charge on any atom is 0.190 e. The van der Waals surface area contributed by atoms with Gasteiger partial charge < -0.3 is 15.6 Å². The van der Waals surface area contributed by atoms with Gasteiger partial charge in [-0.3, -0.25) is 0 Å². The minimum Gasteiger partial charge on any atom is -0.491 e. The molecule has 16 heavy (non-hydrogen) atoms. The molecule has 1 rings (SSSR count). The van der Waals surface area contributed by atoms with Crippen LogP contribution in [0.1, 0.15) is 5.56 Å². The minimum absolute atomic E-state index is 0.231. The third-order valence-corrected chi connectivity index (χ3v) is 2.13. The lowest BCUT2D eigenvalue weighted by molar-refractivity contribution is 0.263. The molecule has 0 saturated heterocycles. The summed E-state index contributed by atoms with van der Waals surface area (Å²) in [6.45, 7) is -0.418. The summed E-state index contributed by atoms with van der Waals surface area (Å²) in [6, 6.07) is -0.277. The predicted molar refractivity (Wildman–Crippen MR) is 51.6 cm³/mol. The second kappa shape index (κ2) is 5.18. The quantitative estimate of drug-likeness (QED) is 0.817.